The largest absolute Gasteiger partial charge is 0.343 e. The number of rotatable bonds is 2. The molecule has 0 aliphatic heterocycles. The smallest absolute Gasteiger partial charge is 0.130 e. The maximum atomic E-state index is 5.95. The van der Waals surface area contributed by atoms with Crippen LogP contribution in [0.15, 0.2) is 30.3 Å². The molecular weight excluding hydrogens is 240 g/mol. The number of hydrogen-bond donors (Lipinski definition) is 1. The fourth-order valence-corrected chi connectivity index (χ4v) is 1.91. The molecule has 0 unspecified atom stereocenters. The first kappa shape index (κ1) is 11.3. The number of benzene rings is 1. The number of nitrogens with zero attached hydrogens (tertiary/aromatic N) is 1. The summed E-state index contributed by atoms with van der Waals surface area (Å²) in [5, 5.41) is 0.715. The van der Waals surface area contributed by atoms with E-state index in [1.165, 1.54) is 0 Å². The monoisotopic (exact) mass is 250 g/mol. The number of aromatic nitrogens is 2. The van der Waals surface area contributed by atoms with Crippen LogP contribution in [0.1, 0.15) is 12.7 Å². The Balaban J connectivity index is 2.55. The first-order valence-electron chi connectivity index (χ1n) is 5.05. The maximum absolute atomic E-state index is 5.95. The number of aryl methyl sites for hydroxylation is 1. The van der Waals surface area contributed by atoms with E-state index < -0.39 is 0 Å². The van der Waals surface area contributed by atoms with E-state index in [9.17, 15) is 0 Å². The summed E-state index contributed by atoms with van der Waals surface area (Å²) < 4.78 is 0.602. The summed E-state index contributed by atoms with van der Waals surface area (Å²) in [4.78, 5) is 7.47. The van der Waals surface area contributed by atoms with Crippen molar-refractivity contribution in [3.63, 3.8) is 0 Å². The summed E-state index contributed by atoms with van der Waals surface area (Å²) >= 11 is 11.1. The summed E-state index contributed by atoms with van der Waals surface area (Å²) in [5.41, 5.74) is 1.98. The Morgan fingerprint density at radius 1 is 1.38 bits per heavy atom. The van der Waals surface area contributed by atoms with Crippen molar-refractivity contribution < 1.29 is 0 Å². The molecule has 2 rings (SSSR count). The molecule has 1 N–H and O–H groups in total. The van der Waals surface area contributed by atoms with Gasteiger partial charge in [0.1, 0.15) is 10.5 Å². The van der Waals surface area contributed by atoms with Crippen molar-refractivity contribution in [2.75, 3.05) is 0 Å². The van der Waals surface area contributed by atoms with E-state index in [1.54, 1.807) is 0 Å². The van der Waals surface area contributed by atoms with Crippen LogP contribution in [0.25, 0.3) is 11.3 Å². The van der Waals surface area contributed by atoms with Crippen LogP contribution in [-0.2, 0) is 6.42 Å². The van der Waals surface area contributed by atoms with Crippen molar-refractivity contribution in [1.29, 1.82) is 0 Å². The highest BCUT2D eigenvalue weighted by molar-refractivity contribution is 7.71. The third kappa shape index (κ3) is 2.49. The lowest BCUT2D eigenvalue weighted by atomic mass is 10.1. The molecule has 2 nitrogen and oxygen atoms in total. The molecule has 0 atom stereocenters. The zero-order valence-corrected chi connectivity index (χ0v) is 10.4. The quantitative estimate of drug-likeness (QED) is 0.816. The minimum Gasteiger partial charge on any atom is -0.343 e. The van der Waals surface area contributed by atoms with Gasteiger partial charge in [0.05, 0.1) is 0 Å². The Kier molecular flexibility index (Phi) is 3.36. The van der Waals surface area contributed by atoms with Crippen LogP contribution in [0.5, 0.6) is 0 Å². The van der Waals surface area contributed by atoms with Gasteiger partial charge in [-0.2, -0.15) is 0 Å². The Morgan fingerprint density at radius 3 is 2.88 bits per heavy atom. The van der Waals surface area contributed by atoms with Crippen LogP contribution < -0.4 is 0 Å². The SMILES string of the molecule is CCc1nc(=S)cc(-c2cccc(Cl)c2)[nH]1. The molecule has 0 aliphatic carbocycles. The van der Waals surface area contributed by atoms with Crippen LogP contribution >= 0.6 is 23.8 Å². The third-order valence-corrected chi connectivity index (χ3v) is 2.71. The van der Waals surface area contributed by atoms with E-state index in [4.69, 9.17) is 23.8 Å². The van der Waals surface area contributed by atoms with E-state index in [-0.39, 0.29) is 0 Å². The third-order valence-electron chi connectivity index (χ3n) is 2.26. The van der Waals surface area contributed by atoms with E-state index in [0.717, 1.165) is 23.5 Å². The summed E-state index contributed by atoms with van der Waals surface area (Å²) in [6.45, 7) is 2.04. The average molecular weight is 251 g/mol. The minimum atomic E-state index is 0.602. The van der Waals surface area contributed by atoms with Crippen molar-refractivity contribution in [3.8, 4) is 11.3 Å². The molecule has 4 heteroatoms. The molecular formula is C12H11ClN2S. The van der Waals surface area contributed by atoms with Gasteiger partial charge in [0, 0.05) is 17.1 Å². The molecule has 1 aromatic carbocycles. The zero-order valence-electron chi connectivity index (χ0n) is 8.83. The molecule has 0 amide bonds. The first-order chi connectivity index (χ1) is 7.69. The summed E-state index contributed by atoms with van der Waals surface area (Å²) in [5.74, 6) is 0.891. The molecule has 0 spiro atoms. The molecule has 2 aromatic rings. The fraction of sp³-hybridized carbons (Fsp3) is 0.167. The normalized spacial score (nSPS) is 10.4. The Bertz CT molecular complexity index is 563. The molecule has 0 radical (unpaired) electrons. The van der Waals surface area contributed by atoms with Gasteiger partial charge in [-0.25, -0.2) is 4.98 Å². The van der Waals surface area contributed by atoms with Crippen LogP contribution in [0.2, 0.25) is 5.02 Å². The van der Waals surface area contributed by atoms with Crippen LogP contribution in [0, 0.1) is 4.64 Å². The summed E-state index contributed by atoms with van der Waals surface area (Å²) in [6, 6.07) is 9.51. The molecule has 1 aromatic heterocycles. The Morgan fingerprint density at radius 2 is 2.19 bits per heavy atom. The molecule has 0 fully saturated rings. The zero-order chi connectivity index (χ0) is 11.5. The average Bonchev–Trinajstić information content (AvgIpc) is 2.28. The first-order valence-corrected chi connectivity index (χ1v) is 5.84. The maximum Gasteiger partial charge on any atom is 0.130 e. The molecule has 0 saturated carbocycles. The fourth-order valence-electron chi connectivity index (χ4n) is 1.49. The van der Waals surface area contributed by atoms with Gasteiger partial charge in [-0.3, -0.25) is 0 Å². The van der Waals surface area contributed by atoms with Gasteiger partial charge in [-0.05, 0) is 23.8 Å². The standard InChI is InChI=1S/C12H11ClN2S/c1-2-11-14-10(7-12(16)15-11)8-4-3-5-9(13)6-8/h3-7H,2H2,1H3,(H,14,15,16). The van der Waals surface area contributed by atoms with Crippen LogP contribution in [0.4, 0.5) is 0 Å². The number of aromatic amines is 1. The van der Waals surface area contributed by atoms with Gasteiger partial charge in [0.25, 0.3) is 0 Å². The van der Waals surface area contributed by atoms with Crippen molar-refractivity contribution in [2.24, 2.45) is 0 Å². The molecule has 1 heterocycles. The predicted molar refractivity (Wildman–Crippen MR) is 69.2 cm³/mol. The lowest BCUT2D eigenvalue weighted by Gasteiger charge is -2.04. The van der Waals surface area contributed by atoms with Gasteiger partial charge < -0.3 is 4.98 Å². The Hall–Kier alpha value is -1.19. The van der Waals surface area contributed by atoms with Gasteiger partial charge >= 0.3 is 0 Å². The summed E-state index contributed by atoms with van der Waals surface area (Å²) in [7, 11) is 0. The number of nitrogens with one attached hydrogen (secondary N) is 1. The molecule has 0 saturated heterocycles. The van der Waals surface area contributed by atoms with E-state index in [2.05, 4.69) is 9.97 Å². The highest BCUT2D eigenvalue weighted by Crippen LogP contribution is 2.20. The second kappa shape index (κ2) is 4.76. The second-order valence-corrected chi connectivity index (χ2v) is 4.30. The van der Waals surface area contributed by atoms with Gasteiger partial charge in [0.15, 0.2) is 0 Å². The van der Waals surface area contributed by atoms with Crippen molar-refractivity contribution in [1.82, 2.24) is 9.97 Å². The predicted octanol–water partition coefficient (Wildman–Crippen LogP) is 4.02. The topological polar surface area (TPSA) is 28.7 Å². The van der Waals surface area contributed by atoms with E-state index >= 15 is 0 Å². The van der Waals surface area contributed by atoms with E-state index in [1.807, 2.05) is 37.3 Å². The van der Waals surface area contributed by atoms with Gasteiger partial charge in [-0.15, -0.1) is 0 Å². The van der Waals surface area contributed by atoms with Gasteiger partial charge in [-0.1, -0.05) is 42.9 Å². The lowest BCUT2D eigenvalue weighted by Crippen LogP contribution is -1.95. The molecule has 0 bridgehead atoms. The van der Waals surface area contributed by atoms with E-state index in [0.29, 0.717) is 9.66 Å². The molecule has 0 aliphatic rings. The minimum absolute atomic E-state index is 0.602. The van der Waals surface area contributed by atoms with Crippen molar-refractivity contribution >= 4 is 23.8 Å². The Labute approximate surface area is 104 Å². The van der Waals surface area contributed by atoms with Crippen molar-refractivity contribution in [2.45, 2.75) is 13.3 Å². The lowest BCUT2D eigenvalue weighted by molar-refractivity contribution is 0.936. The van der Waals surface area contributed by atoms with Crippen LogP contribution in [0.3, 0.4) is 0 Å². The van der Waals surface area contributed by atoms with Crippen LogP contribution in [-0.4, -0.2) is 9.97 Å². The second-order valence-electron chi connectivity index (χ2n) is 3.44. The highest BCUT2D eigenvalue weighted by atomic mass is 35.5. The summed E-state index contributed by atoms with van der Waals surface area (Å²) in [6.07, 6.45) is 0.831. The van der Waals surface area contributed by atoms with Gasteiger partial charge in [0.2, 0.25) is 0 Å². The highest BCUT2D eigenvalue weighted by Gasteiger charge is 2.01. The molecule has 82 valence electrons. The number of H-pyrrole nitrogens is 1. The molecule has 16 heavy (non-hydrogen) atoms. The number of halogens is 1. The number of hydrogen-bond acceptors (Lipinski definition) is 2. The van der Waals surface area contributed by atoms with Crippen molar-refractivity contribution in [3.05, 3.63) is 45.8 Å².